The van der Waals surface area contributed by atoms with E-state index in [0.717, 1.165) is 42.0 Å². The van der Waals surface area contributed by atoms with Crippen LogP contribution in [0.15, 0.2) is 54.6 Å². The van der Waals surface area contributed by atoms with E-state index in [4.69, 9.17) is 24.7 Å². The summed E-state index contributed by atoms with van der Waals surface area (Å²) in [6, 6.07) is 14.2. The van der Waals surface area contributed by atoms with Crippen LogP contribution in [-0.4, -0.2) is 40.2 Å². The highest BCUT2D eigenvalue weighted by Gasteiger charge is 2.40. The molecule has 180 valence electrons. The molecular formula is C27H38N2O4. The van der Waals surface area contributed by atoms with E-state index in [1.54, 1.807) is 14.2 Å². The fourth-order valence-electron chi connectivity index (χ4n) is 4.49. The van der Waals surface area contributed by atoms with Crippen molar-refractivity contribution in [2.75, 3.05) is 38.9 Å². The van der Waals surface area contributed by atoms with Gasteiger partial charge in [0.05, 0.1) is 32.6 Å². The van der Waals surface area contributed by atoms with Gasteiger partial charge in [-0.3, -0.25) is 0 Å². The van der Waals surface area contributed by atoms with Crippen molar-refractivity contribution in [3.8, 4) is 17.2 Å². The Morgan fingerprint density at radius 2 is 1.85 bits per heavy atom. The molecule has 0 fully saturated rings. The minimum absolute atomic E-state index is 0.00878. The van der Waals surface area contributed by atoms with Gasteiger partial charge in [0.1, 0.15) is 18.6 Å². The Labute approximate surface area is 198 Å². The Hall–Kier alpha value is -2.70. The predicted octanol–water partition coefficient (Wildman–Crippen LogP) is 5.33. The van der Waals surface area contributed by atoms with Gasteiger partial charge in [0.25, 0.3) is 0 Å². The molecule has 0 aromatic heterocycles. The number of ether oxygens (including phenoxy) is 4. The lowest BCUT2D eigenvalue weighted by molar-refractivity contribution is -0.0309. The van der Waals surface area contributed by atoms with E-state index in [0.29, 0.717) is 24.7 Å². The van der Waals surface area contributed by atoms with E-state index in [9.17, 15) is 0 Å². The van der Waals surface area contributed by atoms with E-state index >= 15 is 0 Å². The maximum atomic E-state index is 6.67. The second-order valence-electron chi connectivity index (χ2n) is 8.80. The molecule has 0 radical (unpaired) electrons. The molecule has 2 N–H and O–H groups in total. The van der Waals surface area contributed by atoms with Crippen molar-refractivity contribution in [1.82, 2.24) is 0 Å². The molecule has 6 heteroatoms. The summed E-state index contributed by atoms with van der Waals surface area (Å²) in [7, 11) is 3.30. The van der Waals surface area contributed by atoms with Gasteiger partial charge >= 0.3 is 0 Å². The van der Waals surface area contributed by atoms with Crippen molar-refractivity contribution in [2.24, 2.45) is 11.1 Å². The average Bonchev–Trinajstić information content (AvgIpc) is 2.85. The van der Waals surface area contributed by atoms with Gasteiger partial charge in [-0.05, 0) is 49.6 Å². The van der Waals surface area contributed by atoms with Crippen LogP contribution in [-0.2, 0) is 4.74 Å². The molecule has 6 nitrogen and oxygen atoms in total. The van der Waals surface area contributed by atoms with Crippen LogP contribution in [0.5, 0.6) is 17.2 Å². The van der Waals surface area contributed by atoms with Crippen molar-refractivity contribution in [3.05, 3.63) is 60.2 Å². The Morgan fingerprint density at radius 1 is 1.15 bits per heavy atom. The summed E-state index contributed by atoms with van der Waals surface area (Å²) in [5.74, 6) is 2.29. The fourth-order valence-corrected chi connectivity index (χ4v) is 4.49. The number of nitrogens with zero attached hydrogens (tertiary/aromatic N) is 1. The molecule has 0 saturated carbocycles. The van der Waals surface area contributed by atoms with Gasteiger partial charge in [0, 0.05) is 12.0 Å². The summed E-state index contributed by atoms with van der Waals surface area (Å²) in [5.41, 5.74) is 9.55. The summed E-state index contributed by atoms with van der Waals surface area (Å²) in [6.45, 7) is 12.0. The first-order chi connectivity index (χ1) is 15.9. The molecule has 0 bridgehead atoms. The van der Waals surface area contributed by atoms with Gasteiger partial charge in [0.2, 0.25) is 0 Å². The summed E-state index contributed by atoms with van der Waals surface area (Å²) >= 11 is 0. The first-order valence-electron chi connectivity index (χ1n) is 11.6. The number of benzene rings is 2. The van der Waals surface area contributed by atoms with Gasteiger partial charge in [-0.2, -0.15) is 0 Å². The van der Waals surface area contributed by atoms with Crippen LogP contribution in [0, 0.1) is 5.41 Å². The lowest BCUT2D eigenvalue weighted by Gasteiger charge is -2.46. The predicted molar refractivity (Wildman–Crippen MR) is 133 cm³/mol. The number of hydrogen-bond donors (Lipinski definition) is 1. The summed E-state index contributed by atoms with van der Waals surface area (Å²) in [6.07, 6.45) is 1.36. The third-order valence-corrected chi connectivity index (χ3v) is 6.75. The highest BCUT2D eigenvalue weighted by molar-refractivity contribution is 5.62. The highest BCUT2D eigenvalue weighted by Crippen LogP contribution is 2.44. The second kappa shape index (κ2) is 10.9. The third kappa shape index (κ3) is 5.28. The number of hydrogen-bond acceptors (Lipinski definition) is 6. The van der Waals surface area contributed by atoms with Crippen LogP contribution in [0.2, 0.25) is 0 Å². The number of anilines is 1. The average molecular weight is 455 g/mol. The highest BCUT2D eigenvalue weighted by atomic mass is 16.5. The van der Waals surface area contributed by atoms with Gasteiger partial charge in [-0.25, -0.2) is 0 Å². The van der Waals surface area contributed by atoms with Crippen LogP contribution in [0.3, 0.4) is 0 Å². The van der Waals surface area contributed by atoms with E-state index in [-0.39, 0.29) is 11.5 Å². The van der Waals surface area contributed by atoms with Crippen molar-refractivity contribution in [2.45, 2.75) is 45.9 Å². The summed E-state index contributed by atoms with van der Waals surface area (Å²) < 4.78 is 23.3. The quantitative estimate of drug-likeness (QED) is 0.366. The molecule has 2 unspecified atom stereocenters. The first kappa shape index (κ1) is 24.9. The molecule has 3 rings (SSSR count). The number of rotatable bonds is 11. The standard InChI is InChI=1S/C27H38N2O4/c1-7-27(8-2,26(28)33-16-19(3)4)18-29-21-11-9-10-12-23(21)32-17-22(29)20-13-14-24(30-5)25(15-20)31-6/h9-15,22,26H,3,7-8,16-18,28H2,1-2,4-6H3. The van der Waals surface area contributed by atoms with Crippen molar-refractivity contribution in [1.29, 1.82) is 0 Å². The number of para-hydroxylation sites is 2. The summed E-state index contributed by atoms with van der Waals surface area (Å²) in [5, 5.41) is 0. The van der Waals surface area contributed by atoms with Gasteiger partial charge in [0.15, 0.2) is 11.5 Å². The molecule has 2 aromatic rings. The van der Waals surface area contributed by atoms with Crippen LogP contribution >= 0.6 is 0 Å². The molecule has 0 spiro atoms. The molecular weight excluding hydrogens is 416 g/mol. The molecule has 1 heterocycles. The van der Waals surface area contributed by atoms with Crippen LogP contribution < -0.4 is 24.8 Å². The fraction of sp³-hybridized carbons (Fsp3) is 0.481. The Balaban J connectivity index is 2.02. The van der Waals surface area contributed by atoms with Crippen molar-refractivity contribution >= 4 is 5.69 Å². The molecule has 33 heavy (non-hydrogen) atoms. The number of fused-ring (bicyclic) bond motifs is 1. The lowest BCUT2D eigenvalue weighted by Crippen LogP contribution is -2.52. The minimum Gasteiger partial charge on any atom is -0.493 e. The monoisotopic (exact) mass is 454 g/mol. The van der Waals surface area contributed by atoms with Crippen molar-refractivity contribution in [3.63, 3.8) is 0 Å². The SMILES string of the molecule is C=C(C)COC(N)C(CC)(CC)CN1c2ccccc2OCC1c1ccc(OC)c(OC)c1. The van der Waals surface area contributed by atoms with Gasteiger partial charge in [-0.1, -0.05) is 44.2 Å². The summed E-state index contributed by atoms with van der Waals surface area (Å²) in [4.78, 5) is 2.41. The topological polar surface area (TPSA) is 66.2 Å². The van der Waals surface area contributed by atoms with E-state index in [1.165, 1.54) is 0 Å². The Kier molecular flexibility index (Phi) is 8.27. The van der Waals surface area contributed by atoms with Gasteiger partial charge in [-0.15, -0.1) is 0 Å². The number of methoxy groups -OCH3 is 2. The smallest absolute Gasteiger partial charge is 0.161 e. The number of nitrogens with two attached hydrogens (primary N) is 1. The first-order valence-corrected chi connectivity index (χ1v) is 11.6. The third-order valence-electron chi connectivity index (χ3n) is 6.75. The van der Waals surface area contributed by atoms with Crippen LogP contribution in [0.25, 0.3) is 0 Å². The largest absolute Gasteiger partial charge is 0.493 e. The molecule has 0 amide bonds. The van der Waals surface area contributed by atoms with Gasteiger partial charge < -0.3 is 29.6 Å². The molecule has 2 aromatic carbocycles. The van der Waals surface area contributed by atoms with Crippen LogP contribution in [0.1, 0.15) is 45.2 Å². The second-order valence-corrected chi connectivity index (χ2v) is 8.80. The van der Waals surface area contributed by atoms with Crippen molar-refractivity contribution < 1.29 is 18.9 Å². The molecule has 0 saturated heterocycles. The van der Waals surface area contributed by atoms with Crippen LogP contribution in [0.4, 0.5) is 5.69 Å². The zero-order valence-electron chi connectivity index (χ0n) is 20.6. The maximum absolute atomic E-state index is 6.67. The Morgan fingerprint density at radius 3 is 2.48 bits per heavy atom. The van der Waals surface area contributed by atoms with E-state index < -0.39 is 6.23 Å². The molecule has 1 aliphatic rings. The van der Waals surface area contributed by atoms with E-state index in [1.807, 2.05) is 37.3 Å². The molecule has 2 atom stereocenters. The maximum Gasteiger partial charge on any atom is 0.161 e. The molecule has 0 aliphatic carbocycles. The zero-order valence-corrected chi connectivity index (χ0v) is 20.6. The lowest BCUT2D eigenvalue weighted by atomic mass is 9.79. The minimum atomic E-state index is -0.412. The van der Waals surface area contributed by atoms with E-state index in [2.05, 4.69) is 37.5 Å². The Bertz CT molecular complexity index is 941. The zero-order chi connectivity index (χ0) is 24.0. The normalized spacial score (nSPS) is 16.5. The molecule has 1 aliphatic heterocycles.